The zero-order chi connectivity index (χ0) is 24.1. The molecule has 184 valence electrons. The molecule has 6 nitrogen and oxygen atoms in total. The summed E-state index contributed by atoms with van der Waals surface area (Å²) in [4.78, 5) is 21.1. The highest BCUT2D eigenvalue weighted by Gasteiger charge is 2.62. The lowest BCUT2D eigenvalue weighted by atomic mass is 9.48. The Labute approximate surface area is 201 Å². The number of rotatable bonds is 5. The molecule has 34 heavy (non-hydrogen) atoms. The van der Waals surface area contributed by atoms with Crippen molar-refractivity contribution < 1.29 is 19.0 Å². The average molecular weight is 470 g/mol. The molecule has 0 aromatic carbocycles. The lowest BCUT2D eigenvalue weighted by Gasteiger charge is -2.57. The van der Waals surface area contributed by atoms with E-state index >= 15 is 0 Å². The van der Waals surface area contributed by atoms with E-state index in [0.29, 0.717) is 35.8 Å². The number of carbonyl (C=O) groups excluding carboxylic acids is 1. The van der Waals surface area contributed by atoms with Crippen molar-refractivity contribution in [2.75, 3.05) is 13.3 Å². The maximum absolute atomic E-state index is 14.4. The fourth-order valence-corrected chi connectivity index (χ4v) is 8.73. The molecule has 1 heterocycles. The third kappa shape index (κ3) is 4.02. The van der Waals surface area contributed by atoms with E-state index in [1.54, 1.807) is 0 Å². The molecule has 0 aliphatic heterocycles. The van der Waals surface area contributed by atoms with Gasteiger partial charge in [-0.2, -0.15) is 5.26 Å². The van der Waals surface area contributed by atoms with Crippen LogP contribution in [0.5, 0.6) is 5.75 Å². The fraction of sp³-hybridized carbons (Fsp3) is 0.778. The third-order valence-electron chi connectivity index (χ3n) is 10.1. The topological polar surface area (TPSA) is 96.1 Å². The number of fused-ring (bicyclic) bond motifs is 5. The number of ketones is 1. The van der Waals surface area contributed by atoms with E-state index in [2.05, 4.69) is 16.9 Å². The minimum Gasteiger partial charge on any atom is -0.483 e. The molecule has 9 atom stereocenters. The van der Waals surface area contributed by atoms with E-state index in [4.69, 9.17) is 10.00 Å². The number of aromatic nitrogens is 2. The first-order chi connectivity index (χ1) is 16.3. The number of aliphatic hydroxyl groups is 1. The van der Waals surface area contributed by atoms with Crippen molar-refractivity contribution in [1.29, 1.82) is 5.26 Å². The van der Waals surface area contributed by atoms with Gasteiger partial charge in [-0.25, -0.2) is 9.97 Å². The van der Waals surface area contributed by atoms with Crippen LogP contribution in [0.1, 0.15) is 71.0 Å². The second kappa shape index (κ2) is 8.86. The zero-order valence-corrected chi connectivity index (χ0v) is 20.3. The van der Waals surface area contributed by atoms with Gasteiger partial charge in [-0.15, -0.1) is 0 Å². The van der Waals surface area contributed by atoms with Crippen LogP contribution in [0.25, 0.3) is 0 Å². The van der Waals surface area contributed by atoms with Gasteiger partial charge in [0.1, 0.15) is 12.7 Å². The molecule has 1 N–H and O–H groups in total. The Morgan fingerprint density at radius 2 is 1.91 bits per heavy atom. The number of Topliss-reactive ketones (excluding diaryl/α,β-unsaturated/α-hetero) is 1. The molecule has 7 heteroatoms. The Balaban J connectivity index is 1.30. The molecule has 0 radical (unpaired) electrons. The van der Waals surface area contributed by atoms with Gasteiger partial charge in [0.15, 0.2) is 11.5 Å². The molecular formula is C27H36FN3O3. The van der Waals surface area contributed by atoms with Gasteiger partial charge in [0.2, 0.25) is 5.82 Å². The van der Waals surface area contributed by atoms with Gasteiger partial charge in [0.05, 0.1) is 24.7 Å². The molecule has 4 aliphatic carbocycles. The van der Waals surface area contributed by atoms with Gasteiger partial charge in [0.25, 0.3) is 0 Å². The number of hydrogen-bond donors (Lipinski definition) is 1. The summed E-state index contributed by atoms with van der Waals surface area (Å²) in [5.74, 6) is 2.75. The van der Waals surface area contributed by atoms with Crippen molar-refractivity contribution >= 4 is 5.78 Å². The highest BCUT2D eigenvalue weighted by Crippen LogP contribution is 2.66. The van der Waals surface area contributed by atoms with Gasteiger partial charge < -0.3 is 9.84 Å². The van der Waals surface area contributed by atoms with Gasteiger partial charge in [-0.1, -0.05) is 6.92 Å². The van der Waals surface area contributed by atoms with Crippen molar-refractivity contribution in [1.82, 2.24) is 9.97 Å². The lowest BCUT2D eigenvalue weighted by molar-refractivity contribution is -0.135. The van der Waals surface area contributed by atoms with Crippen molar-refractivity contribution in [2.24, 2.45) is 46.8 Å². The molecule has 0 spiro atoms. The standard InChI is InChI=1S/C27H36FN3O3/c1-26(33)7-5-19-16(10-26)3-4-21-20(19)6-8-27(2)22(9-17(11-28)25(21)27)23(32)15-34-18-13-30-24(12-29)31-14-18/h13-14,16-17,19-22,25,33H,3-11,15H2,1-2H3/t16-,17?,19+,20-,21-,22-,25+,26-,27-/m1/s1. The summed E-state index contributed by atoms with van der Waals surface area (Å²) in [5.41, 5.74) is -0.726. The Kier molecular flexibility index (Phi) is 6.16. The Morgan fingerprint density at radius 3 is 2.62 bits per heavy atom. The lowest BCUT2D eigenvalue weighted by Crippen LogP contribution is -2.52. The van der Waals surface area contributed by atoms with Crippen LogP contribution in [0.2, 0.25) is 0 Å². The monoisotopic (exact) mass is 469 g/mol. The molecular weight excluding hydrogens is 433 g/mol. The highest BCUT2D eigenvalue weighted by atomic mass is 19.1. The average Bonchev–Trinajstić information content (AvgIpc) is 3.14. The van der Waals surface area contributed by atoms with Crippen LogP contribution < -0.4 is 4.74 Å². The minimum atomic E-state index is -0.538. The number of alkyl halides is 1. The minimum absolute atomic E-state index is 0.0358. The number of ether oxygens (including phenoxy) is 1. The fourth-order valence-electron chi connectivity index (χ4n) is 8.73. The number of carbonyl (C=O) groups is 1. The van der Waals surface area contributed by atoms with E-state index in [0.717, 1.165) is 44.9 Å². The van der Waals surface area contributed by atoms with Gasteiger partial charge in [0, 0.05) is 5.92 Å². The van der Waals surface area contributed by atoms with Crippen LogP contribution in [0.3, 0.4) is 0 Å². The van der Waals surface area contributed by atoms with Gasteiger partial charge in [-0.3, -0.25) is 9.18 Å². The number of halogens is 1. The largest absolute Gasteiger partial charge is 0.483 e. The predicted octanol–water partition coefficient (Wildman–Crippen LogP) is 4.51. The second-order valence-corrected chi connectivity index (χ2v) is 12.0. The van der Waals surface area contributed by atoms with E-state index in [-0.39, 0.29) is 48.1 Å². The van der Waals surface area contributed by atoms with Crippen LogP contribution in [0.4, 0.5) is 4.39 Å². The molecule has 4 fully saturated rings. The molecule has 0 bridgehead atoms. The summed E-state index contributed by atoms with van der Waals surface area (Å²) < 4.78 is 20.0. The van der Waals surface area contributed by atoms with Crippen LogP contribution in [-0.4, -0.2) is 39.7 Å². The summed E-state index contributed by atoms with van der Waals surface area (Å²) in [6.45, 7) is 3.77. The van der Waals surface area contributed by atoms with Crippen LogP contribution in [0.15, 0.2) is 12.4 Å². The summed E-state index contributed by atoms with van der Waals surface area (Å²) >= 11 is 0. The number of hydrogen-bond acceptors (Lipinski definition) is 6. The highest BCUT2D eigenvalue weighted by molar-refractivity contribution is 5.83. The van der Waals surface area contributed by atoms with Gasteiger partial charge in [-0.05, 0) is 99.2 Å². The normalized spacial score (nSPS) is 43.2. The number of nitrogens with zero attached hydrogens (tertiary/aromatic N) is 3. The van der Waals surface area contributed by atoms with E-state index in [9.17, 15) is 14.3 Å². The first-order valence-electron chi connectivity index (χ1n) is 12.9. The maximum Gasteiger partial charge on any atom is 0.232 e. The Morgan fingerprint density at radius 1 is 1.18 bits per heavy atom. The first kappa shape index (κ1) is 23.7. The van der Waals surface area contributed by atoms with Gasteiger partial charge >= 0.3 is 0 Å². The van der Waals surface area contributed by atoms with Crippen molar-refractivity contribution in [3.8, 4) is 11.8 Å². The molecule has 1 unspecified atom stereocenters. The van der Waals surface area contributed by atoms with Crippen LogP contribution in [-0.2, 0) is 4.79 Å². The second-order valence-electron chi connectivity index (χ2n) is 12.0. The smallest absolute Gasteiger partial charge is 0.232 e. The maximum atomic E-state index is 14.4. The molecule has 4 saturated carbocycles. The molecule has 0 amide bonds. The third-order valence-corrected chi connectivity index (χ3v) is 10.1. The molecule has 0 saturated heterocycles. The zero-order valence-electron chi connectivity index (χ0n) is 20.3. The van der Waals surface area contributed by atoms with Crippen LogP contribution in [0, 0.1) is 58.2 Å². The number of nitriles is 1. The Hall–Kier alpha value is -2.07. The van der Waals surface area contributed by atoms with Crippen molar-refractivity contribution in [3.05, 3.63) is 18.2 Å². The van der Waals surface area contributed by atoms with Crippen molar-refractivity contribution in [2.45, 2.75) is 70.8 Å². The molecule has 4 aliphatic rings. The van der Waals surface area contributed by atoms with E-state index in [1.165, 1.54) is 12.4 Å². The first-order valence-corrected chi connectivity index (χ1v) is 12.9. The van der Waals surface area contributed by atoms with Crippen LogP contribution >= 0.6 is 0 Å². The Bertz CT molecular complexity index is 961. The van der Waals surface area contributed by atoms with E-state index < -0.39 is 5.60 Å². The summed E-state index contributed by atoms with van der Waals surface area (Å²) in [6.07, 6.45) is 10.5. The summed E-state index contributed by atoms with van der Waals surface area (Å²) in [5, 5.41) is 19.4. The summed E-state index contributed by atoms with van der Waals surface area (Å²) in [7, 11) is 0. The predicted molar refractivity (Wildman–Crippen MR) is 123 cm³/mol. The summed E-state index contributed by atoms with van der Waals surface area (Å²) in [6, 6.07) is 1.86. The molecule has 1 aromatic rings. The quantitative estimate of drug-likeness (QED) is 0.682. The molecule has 1 aromatic heterocycles. The molecule has 5 rings (SSSR count). The van der Waals surface area contributed by atoms with E-state index in [1.807, 2.05) is 13.0 Å². The SMILES string of the molecule is C[C@@]1(O)CC[C@H]2[C@H](CC[C@@H]3[C@@H]2CC[C@]2(C)[C@@H](C(=O)COc4cnc(C#N)nc4)CC(CF)[C@@H]32)C1. The van der Waals surface area contributed by atoms with Crippen molar-refractivity contribution in [3.63, 3.8) is 0 Å².